The van der Waals surface area contributed by atoms with Gasteiger partial charge in [-0.3, -0.25) is 9.47 Å². The number of nitrogens with zero attached hydrogens (tertiary/aromatic N) is 2. The van der Waals surface area contributed by atoms with Gasteiger partial charge >= 0.3 is 5.97 Å². The molecular weight excluding hydrogens is 332 g/mol. The van der Waals surface area contributed by atoms with Crippen LogP contribution in [-0.2, 0) is 14.3 Å². The van der Waals surface area contributed by atoms with Crippen LogP contribution in [-0.4, -0.2) is 61.8 Å². The number of ether oxygens (including phenoxy) is 2. The van der Waals surface area contributed by atoms with Crippen molar-refractivity contribution in [2.75, 3.05) is 20.3 Å². The molecule has 0 spiro atoms. The molecule has 1 saturated heterocycles. The van der Waals surface area contributed by atoms with Crippen LogP contribution < -0.4 is 0 Å². The Bertz CT molecular complexity index is 429. The summed E-state index contributed by atoms with van der Waals surface area (Å²) in [7, 11) is 0.0959. The van der Waals surface area contributed by atoms with E-state index in [0.717, 1.165) is 19.6 Å². The number of hydrazine groups is 1. The SMILES string of the molecule is COC[C@@H]1CCCN1N([C@H](CC(=O)OC(C)(C)C)C(C)C)[Si](C)(C)C. The average Bonchev–Trinajstić information content (AvgIpc) is 2.82. The number of methoxy groups -OCH3 is 1. The van der Waals surface area contributed by atoms with Gasteiger partial charge in [0.05, 0.1) is 13.0 Å². The van der Waals surface area contributed by atoms with Crippen LogP contribution in [0.25, 0.3) is 0 Å². The van der Waals surface area contributed by atoms with E-state index in [1.165, 1.54) is 6.42 Å². The fourth-order valence-electron chi connectivity index (χ4n) is 3.70. The van der Waals surface area contributed by atoms with E-state index >= 15 is 0 Å². The zero-order valence-electron chi connectivity index (χ0n) is 17.9. The van der Waals surface area contributed by atoms with Gasteiger partial charge in [0.2, 0.25) is 0 Å². The molecule has 0 unspecified atom stereocenters. The number of hydrogen-bond donors (Lipinski definition) is 0. The third kappa shape index (κ3) is 7.00. The number of carbonyl (C=O) groups is 1. The van der Waals surface area contributed by atoms with E-state index < -0.39 is 13.8 Å². The molecule has 0 radical (unpaired) electrons. The normalized spacial score (nSPS) is 21.2. The minimum Gasteiger partial charge on any atom is -0.460 e. The summed E-state index contributed by atoms with van der Waals surface area (Å²) in [6.45, 7) is 19.1. The largest absolute Gasteiger partial charge is 0.460 e. The minimum absolute atomic E-state index is 0.100. The molecule has 1 rings (SSSR count). The topological polar surface area (TPSA) is 42.0 Å². The molecule has 148 valence electrons. The highest BCUT2D eigenvalue weighted by atomic mass is 28.3. The molecular formula is C19H40N2O3Si. The average molecular weight is 373 g/mol. The van der Waals surface area contributed by atoms with Crippen molar-refractivity contribution in [1.29, 1.82) is 0 Å². The second kappa shape index (κ2) is 8.98. The minimum atomic E-state index is -1.68. The molecule has 0 aromatic rings. The first-order valence-corrected chi connectivity index (χ1v) is 13.1. The number of carbonyl (C=O) groups excluding carboxylic acids is 1. The molecule has 0 aliphatic carbocycles. The Morgan fingerprint density at radius 2 is 1.88 bits per heavy atom. The molecule has 1 aliphatic rings. The van der Waals surface area contributed by atoms with Crippen LogP contribution in [0.15, 0.2) is 0 Å². The lowest BCUT2D eigenvalue weighted by Crippen LogP contribution is -2.64. The van der Waals surface area contributed by atoms with Crippen molar-refractivity contribution in [3.63, 3.8) is 0 Å². The molecule has 0 bridgehead atoms. The maximum absolute atomic E-state index is 12.6. The lowest BCUT2D eigenvalue weighted by molar-refractivity contribution is -0.158. The predicted octanol–water partition coefficient (Wildman–Crippen LogP) is 3.91. The molecule has 0 amide bonds. The van der Waals surface area contributed by atoms with E-state index in [4.69, 9.17) is 9.47 Å². The van der Waals surface area contributed by atoms with E-state index in [1.54, 1.807) is 7.11 Å². The second-order valence-corrected chi connectivity index (χ2v) is 14.3. The second-order valence-electron chi connectivity index (χ2n) is 9.53. The summed E-state index contributed by atoms with van der Waals surface area (Å²) >= 11 is 0. The summed E-state index contributed by atoms with van der Waals surface area (Å²) in [6.07, 6.45) is 2.79. The Morgan fingerprint density at radius 1 is 1.28 bits per heavy atom. The zero-order chi connectivity index (χ0) is 19.4. The summed E-state index contributed by atoms with van der Waals surface area (Å²) in [6, 6.07) is 0.579. The Hall–Kier alpha value is -0.433. The Balaban J connectivity index is 3.05. The van der Waals surface area contributed by atoms with Gasteiger partial charge in [0.1, 0.15) is 13.8 Å². The number of esters is 1. The standard InChI is InChI=1S/C19H40N2O3Si/c1-15(2)17(13-18(22)24-19(3,4)5)21(25(7,8)9)20-12-10-11-16(20)14-23-6/h15-17H,10-14H2,1-9H3/t16-,17+/m0/s1. The van der Waals surface area contributed by atoms with Gasteiger partial charge in [0.25, 0.3) is 0 Å². The molecule has 1 aliphatic heterocycles. The van der Waals surface area contributed by atoms with Gasteiger partial charge in [0, 0.05) is 25.7 Å². The molecule has 6 heteroatoms. The zero-order valence-corrected chi connectivity index (χ0v) is 18.9. The van der Waals surface area contributed by atoms with Gasteiger partial charge in [-0.15, -0.1) is 0 Å². The van der Waals surface area contributed by atoms with Crippen molar-refractivity contribution in [3.8, 4) is 0 Å². The highest BCUT2D eigenvalue weighted by molar-refractivity contribution is 6.73. The quantitative estimate of drug-likeness (QED) is 0.477. The van der Waals surface area contributed by atoms with E-state index in [9.17, 15) is 4.79 Å². The maximum Gasteiger partial charge on any atom is 0.307 e. The van der Waals surface area contributed by atoms with Crippen LogP contribution in [0.2, 0.25) is 19.6 Å². The van der Waals surface area contributed by atoms with Gasteiger partial charge in [-0.05, 0) is 39.5 Å². The lowest BCUT2D eigenvalue weighted by atomic mass is 10.0. The first-order valence-electron chi connectivity index (χ1n) is 9.63. The van der Waals surface area contributed by atoms with E-state index in [-0.39, 0.29) is 12.0 Å². The lowest BCUT2D eigenvalue weighted by Gasteiger charge is -2.49. The number of rotatable bonds is 8. The highest BCUT2D eigenvalue weighted by Gasteiger charge is 2.42. The Kier molecular flexibility index (Phi) is 8.12. The summed E-state index contributed by atoms with van der Waals surface area (Å²) in [5.74, 6) is 0.278. The van der Waals surface area contributed by atoms with Crippen molar-refractivity contribution < 1.29 is 14.3 Å². The summed E-state index contributed by atoms with van der Waals surface area (Å²) < 4.78 is 13.7. The van der Waals surface area contributed by atoms with Crippen molar-refractivity contribution in [1.82, 2.24) is 9.68 Å². The third-order valence-corrected chi connectivity index (χ3v) is 6.51. The van der Waals surface area contributed by atoms with Crippen molar-refractivity contribution in [2.24, 2.45) is 5.92 Å². The van der Waals surface area contributed by atoms with Gasteiger partial charge in [-0.2, -0.15) is 0 Å². The highest BCUT2D eigenvalue weighted by Crippen LogP contribution is 2.31. The van der Waals surface area contributed by atoms with Gasteiger partial charge in [-0.1, -0.05) is 33.5 Å². The summed E-state index contributed by atoms with van der Waals surface area (Å²) in [5.41, 5.74) is -0.436. The predicted molar refractivity (Wildman–Crippen MR) is 106 cm³/mol. The van der Waals surface area contributed by atoms with Gasteiger partial charge in [0.15, 0.2) is 0 Å². The van der Waals surface area contributed by atoms with E-state index in [1.807, 2.05) is 20.8 Å². The fraction of sp³-hybridized carbons (Fsp3) is 0.947. The molecule has 1 heterocycles. The molecule has 0 N–H and O–H groups in total. The van der Waals surface area contributed by atoms with Crippen molar-refractivity contribution >= 4 is 14.2 Å². The Labute approximate surface area is 156 Å². The first-order chi connectivity index (χ1) is 11.4. The first kappa shape index (κ1) is 22.6. The van der Waals surface area contributed by atoms with Gasteiger partial charge in [-0.25, -0.2) is 5.01 Å². The van der Waals surface area contributed by atoms with Crippen LogP contribution in [0.4, 0.5) is 0 Å². The van der Waals surface area contributed by atoms with E-state index in [0.29, 0.717) is 18.4 Å². The molecule has 25 heavy (non-hydrogen) atoms. The molecule has 2 atom stereocenters. The molecule has 5 nitrogen and oxygen atoms in total. The van der Waals surface area contributed by atoms with Crippen LogP contribution in [0.1, 0.15) is 53.9 Å². The summed E-state index contributed by atoms with van der Waals surface area (Å²) in [4.78, 5) is 12.6. The van der Waals surface area contributed by atoms with Crippen molar-refractivity contribution in [2.45, 2.75) is 91.2 Å². The smallest absolute Gasteiger partial charge is 0.307 e. The summed E-state index contributed by atoms with van der Waals surface area (Å²) in [5, 5.41) is 2.50. The molecule has 0 aromatic carbocycles. The van der Waals surface area contributed by atoms with Crippen LogP contribution in [0, 0.1) is 5.92 Å². The monoisotopic (exact) mass is 372 g/mol. The van der Waals surface area contributed by atoms with Crippen LogP contribution >= 0.6 is 0 Å². The molecule has 1 fully saturated rings. The molecule has 0 saturated carbocycles. The van der Waals surface area contributed by atoms with Gasteiger partial charge < -0.3 is 9.47 Å². The Morgan fingerprint density at radius 3 is 2.32 bits per heavy atom. The van der Waals surface area contributed by atoms with Crippen LogP contribution in [0.3, 0.4) is 0 Å². The maximum atomic E-state index is 12.6. The third-order valence-electron chi connectivity index (χ3n) is 4.55. The van der Waals surface area contributed by atoms with E-state index in [2.05, 4.69) is 43.2 Å². The molecule has 0 aromatic heterocycles. The fourth-order valence-corrected chi connectivity index (χ4v) is 6.12. The number of hydrogen-bond acceptors (Lipinski definition) is 5. The van der Waals surface area contributed by atoms with Crippen LogP contribution in [0.5, 0.6) is 0 Å². The van der Waals surface area contributed by atoms with Crippen molar-refractivity contribution in [3.05, 3.63) is 0 Å².